The highest BCUT2D eigenvalue weighted by Gasteiger charge is 2.60. The van der Waals surface area contributed by atoms with Gasteiger partial charge in [-0.1, -0.05) is 78.0 Å². The zero-order chi connectivity index (χ0) is 41.9. The molecule has 0 aromatic carbocycles. The van der Waals surface area contributed by atoms with E-state index in [9.17, 15) is 15.0 Å². The predicted molar refractivity (Wildman–Crippen MR) is 246 cm³/mol. The van der Waals surface area contributed by atoms with Gasteiger partial charge in [0.2, 0.25) is 0 Å². The molecule has 3 nitrogen and oxygen atoms in total. The highest BCUT2D eigenvalue weighted by Crippen LogP contribution is 2.68. The van der Waals surface area contributed by atoms with Crippen LogP contribution >= 0.6 is 0 Å². The zero-order valence-corrected chi connectivity index (χ0v) is 39.3. The summed E-state index contributed by atoms with van der Waals surface area (Å²) in [5, 5.41) is 20.1. The molecule has 0 bridgehead atoms. The minimum Gasteiger partial charge on any atom is -0.393 e. The van der Waals surface area contributed by atoms with E-state index in [0.717, 1.165) is 104 Å². The molecule has 0 aliphatic heterocycles. The van der Waals surface area contributed by atoms with Crippen molar-refractivity contribution in [2.75, 3.05) is 0 Å². The topological polar surface area (TPSA) is 57.5 Å². The third kappa shape index (κ3) is 6.84. The van der Waals surface area contributed by atoms with Crippen LogP contribution in [0, 0.1) is 104 Å². The van der Waals surface area contributed by atoms with Crippen LogP contribution in [0.2, 0.25) is 0 Å². The van der Waals surface area contributed by atoms with Gasteiger partial charge in [-0.15, -0.1) is 0 Å². The lowest BCUT2D eigenvalue weighted by atomic mass is 9.45. The number of allylic oxidation sites excluding steroid dienone is 6. The maximum absolute atomic E-state index is 11.8. The van der Waals surface area contributed by atoms with E-state index in [2.05, 4.69) is 78.0 Å². The number of carbonyl (C=O) groups is 1. The Kier molecular flexibility index (Phi) is 11.0. The van der Waals surface area contributed by atoms with Gasteiger partial charge < -0.3 is 10.2 Å². The Balaban J connectivity index is 0.000000108. The molecule has 0 radical (unpaired) electrons. The number of carbonyl (C=O) groups excluding carboxylic acids is 1. The molecule has 12 rings (SSSR count). The lowest BCUT2D eigenvalue weighted by molar-refractivity contribution is -0.136. The van der Waals surface area contributed by atoms with E-state index in [4.69, 9.17) is 0 Å². The summed E-state index contributed by atoms with van der Waals surface area (Å²) in [6, 6.07) is 0. The Labute approximate surface area is 367 Å². The van der Waals surface area contributed by atoms with Crippen molar-refractivity contribution < 1.29 is 15.0 Å². The second-order valence-corrected chi connectivity index (χ2v) is 26.1. The smallest absolute Gasteiger partial charge is 0.133 e. The molecule has 9 saturated carbocycles. The number of ketones is 1. The van der Waals surface area contributed by atoms with Crippen molar-refractivity contribution in [3.8, 4) is 0 Å². The van der Waals surface area contributed by atoms with E-state index < -0.39 is 0 Å². The van der Waals surface area contributed by atoms with Gasteiger partial charge in [-0.05, 0) is 245 Å². The summed E-state index contributed by atoms with van der Waals surface area (Å²) < 4.78 is 0. The molecule has 9 fully saturated rings. The Bertz CT molecular complexity index is 1630. The first-order valence-electron chi connectivity index (χ1n) is 26.5. The summed E-state index contributed by atoms with van der Waals surface area (Å²) in [7, 11) is 0. The first kappa shape index (κ1) is 42.7. The SMILES string of the molecule is C[C@]12CCC(=O)C[C@@H]1CC[C@@H]1[C@@H]2CC[C@]2(C)C=CC[C@@H]12.C[C@]12CC[C@@H](O)C[C@@H]1CC[C@@H]1[C@@H]2CC[C@]2(C)C=CC[C@@H]12.C[C@]12CC[C@H](O)C[C@@H]1CC[C@@H]1[C@@H]2CC[C@]2(C)C=CC[C@@H]12. The fourth-order valence-electron chi connectivity index (χ4n) is 20.0. The lowest BCUT2D eigenvalue weighted by Crippen LogP contribution is -2.53. The Hall–Kier alpha value is -1.19. The van der Waals surface area contributed by atoms with Gasteiger partial charge in [0.25, 0.3) is 0 Å². The minimum atomic E-state index is -0.00775. The second kappa shape index (κ2) is 15.5. The average Bonchev–Trinajstić information content (AvgIpc) is 3.95. The number of hydrogen-bond acceptors (Lipinski definition) is 3. The van der Waals surface area contributed by atoms with Gasteiger partial charge in [-0.3, -0.25) is 4.79 Å². The molecular formula is C57H88O3. The Morgan fingerprint density at radius 3 is 1.20 bits per heavy atom. The number of aliphatic hydroxyl groups is 2. The number of Topliss-reactive ketones (excluding diaryl/α,β-unsaturated/α-hetero) is 1. The van der Waals surface area contributed by atoms with Gasteiger partial charge in [-0.25, -0.2) is 0 Å². The summed E-state index contributed by atoms with van der Waals surface area (Å²) in [4.78, 5) is 11.8. The highest BCUT2D eigenvalue weighted by atomic mass is 16.3. The van der Waals surface area contributed by atoms with Crippen LogP contribution in [0.5, 0.6) is 0 Å². The molecular weight excluding hydrogens is 733 g/mol. The van der Waals surface area contributed by atoms with Crippen molar-refractivity contribution in [2.24, 2.45) is 104 Å². The number of rotatable bonds is 0. The van der Waals surface area contributed by atoms with Gasteiger partial charge in [0.05, 0.1) is 12.2 Å². The summed E-state index contributed by atoms with van der Waals surface area (Å²) in [6.07, 6.45) is 45.5. The quantitative estimate of drug-likeness (QED) is 0.239. The third-order valence-corrected chi connectivity index (χ3v) is 23.7. The molecule has 3 heteroatoms. The number of aliphatic hydroxyl groups excluding tert-OH is 2. The van der Waals surface area contributed by atoms with Gasteiger partial charge in [0.1, 0.15) is 5.78 Å². The van der Waals surface area contributed by atoms with Gasteiger partial charge in [0, 0.05) is 12.8 Å². The summed E-state index contributed by atoms with van der Waals surface area (Å²) >= 11 is 0. The molecule has 0 saturated heterocycles. The van der Waals surface area contributed by atoms with Crippen LogP contribution in [0.15, 0.2) is 36.5 Å². The maximum atomic E-state index is 11.8. The van der Waals surface area contributed by atoms with Crippen LogP contribution in [0.3, 0.4) is 0 Å². The van der Waals surface area contributed by atoms with Crippen LogP contribution in [0.25, 0.3) is 0 Å². The molecule has 0 unspecified atom stereocenters. The molecule has 0 aromatic rings. The van der Waals surface area contributed by atoms with E-state index in [1.165, 1.54) is 116 Å². The molecule has 0 spiro atoms. The van der Waals surface area contributed by atoms with E-state index in [0.29, 0.717) is 44.2 Å². The fourth-order valence-corrected chi connectivity index (χ4v) is 20.0. The van der Waals surface area contributed by atoms with Crippen LogP contribution in [-0.4, -0.2) is 28.2 Å². The number of fused-ring (bicyclic) bond motifs is 15. The lowest BCUT2D eigenvalue weighted by Gasteiger charge is -2.60. The molecule has 0 heterocycles. The summed E-state index contributed by atoms with van der Waals surface area (Å²) in [5.41, 5.74) is 3.06. The van der Waals surface area contributed by atoms with Crippen molar-refractivity contribution in [3.05, 3.63) is 36.5 Å². The normalized spacial score (nSPS) is 56.6. The van der Waals surface area contributed by atoms with Crippen molar-refractivity contribution in [1.29, 1.82) is 0 Å². The van der Waals surface area contributed by atoms with E-state index in [1.54, 1.807) is 0 Å². The molecule has 2 N–H and O–H groups in total. The number of hydrogen-bond donors (Lipinski definition) is 2. The van der Waals surface area contributed by atoms with Crippen LogP contribution < -0.4 is 0 Å². The van der Waals surface area contributed by atoms with Crippen molar-refractivity contribution in [1.82, 2.24) is 0 Å². The summed E-state index contributed by atoms with van der Waals surface area (Å²) in [5.74, 6) is 11.2. The minimum absolute atomic E-state index is 0.00775. The van der Waals surface area contributed by atoms with E-state index >= 15 is 0 Å². The first-order chi connectivity index (χ1) is 28.6. The molecule has 60 heavy (non-hydrogen) atoms. The first-order valence-corrected chi connectivity index (χ1v) is 26.5. The van der Waals surface area contributed by atoms with Gasteiger partial charge >= 0.3 is 0 Å². The summed E-state index contributed by atoms with van der Waals surface area (Å²) in [6.45, 7) is 15.2. The van der Waals surface area contributed by atoms with Gasteiger partial charge in [-0.2, -0.15) is 0 Å². The average molecular weight is 821 g/mol. The molecule has 20 atom stereocenters. The zero-order valence-electron chi connectivity index (χ0n) is 39.3. The van der Waals surface area contributed by atoms with Gasteiger partial charge in [0.15, 0.2) is 0 Å². The second-order valence-electron chi connectivity index (χ2n) is 26.1. The van der Waals surface area contributed by atoms with Crippen LogP contribution in [-0.2, 0) is 4.79 Å². The van der Waals surface area contributed by atoms with Crippen molar-refractivity contribution in [2.45, 2.75) is 208 Å². The maximum Gasteiger partial charge on any atom is 0.133 e. The standard InChI is InChI=1S/2C19H30O.C19H28O/c3*1-18-9-3-4-16(18)15-6-5-13-12-14(20)7-11-19(13,2)17(15)8-10-18/h2*3,9,13-17,20H,4-8,10-12H2,1-2H3;3,9,13,15-17H,4-8,10-12H2,1-2H3/t13-,14+,15-,16-,17-,18-,19-;13-,14-,15-,16-,17-,18-,19-;13-,15-,16-,17-,18-,19-/m000/s1. The van der Waals surface area contributed by atoms with Crippen LogP contribution in [0.4, 0.5) is 0 Å². The van der Waals surface area contributed by atoms with Crippen LogP contribution in [0.1, 0.15) is 196 Å². The molecule has 12 aliphatic rings. The van der Waals surface area contributed by atoms with E-state index in [-0.39, 0.29) is 12.2 Å². The predicted octanol–water partition coefficient (Wildman–Crippen LogP) is 13.9. The Morgan fingerprint density at radius 1 is 0.433 bits per heavy atom. The molecule has 12 aliphatic carbocycles. The highest BCUT2D eigenvalue weighted by molar-refractivity contribution is 5.79. The molecule has 0 aromatic heterocycles. The van der Waals surface area contributed by atoms with E-state index in [1.807, 2.05) is 0 Å². The van der Waals surface area contributed by atoms with Crippen molar-refractivity contribution in [3.63, 3.8) is 0 Å². The third-order valence-electron chi connectivity index (χ3n) is 23.7. The monoisotopic (exact) mass is 821 g/mol. The fraction of sp³-hybridized carbons (Fsp3) is 0.877. The molecule has 0 amide bonds. The largest absolute Gasteiger partial charge is 0.393 e. The molecule has 334 valence electrons. The Morgan fingerprint density at radius 2 is 0.800 bits per heavy atom. The van der Waals surface area contributed by atoms with Crippen molar-refractivity contribution >= 4 is 5.78 Å².